The smallest absolute Gasteiger partial charge is 0.371 e. The molecule has 29 heavy (non-hydrogen) atoms. The number of halogens is 4. The normalized spacial score (nSPS) is 12.0. The molecule has 0 radical (unpaired) electrons. The van der Waals surface area contributed by atoms with Gasteiger partial charge in [-0.3, -0.25) is 9.67 Å². The SMILES string of the molecule is CNc1ncnn2c(C)nc(-c3cnn(C)c3-c3ncc(C(F)(F)F)cc3Cl)c12. The second-order valence-corrected chi connectivity index (χ2v) is 6.62. The lowest BCUT2D eigenvalue weighted by Crippen LogP contribution is -2.06. The highest BCUT2D eigenvalue weighted by Crippen LogP contribution is 2.39. The summed E-state index contributed by atoms with van der Waals surface area (Å²) in [4.78, 5) is 12.8. The van der Waals surface area contributed by atoms with Gasteiger partial charge in [-0.2, -0.15) is 23.4 Å². The number of hydrogen-bond acceptors (Lipinski definition) is 6. The van der Waals surface area contributed by atoms with Crippen LogP contribution in [0.2, 0.25) is 5.02 Å². The number of imidazole rings is 1. The molecule has 0 saturated heterocycles. The number of aromatic nitrogens is 7. The first kappa shape index (κ1) is 19.1. The van der Waals surface area contributed by atoms with E-state index < -0.39 is 11.7 Å². The van der Waals surface area contributed by atoms with Gasteiger partial charge in [0.1, 0.15) is 29.1 Å². The third-order valence-electron chi connectivity index (χ3n) is 4.42. The molecule has 0 aliphatic heterocycles. The second-order valence-electron chi connectivity index (χ2n) is 6.21. The molecule has 0 bridgehead atoms. The number of nitrogens with zero attached hydrogens (tertiary/aromatic N) is 7. The molecule has 0 aliphatic rings. The fraction of sp³-hybridized carbons (Fsp3) is 0.235. The third kappa shape index (κ3) is 3.07. The maximum absolute atomic E-state index is 13.0. The molecule has 0 aromatic carbocycles. The van der Waals surface area contributed by atoms with E-state index >= 15 is 0 Å². The number of rotatable bonds is 3. The van der Waals surface area contributed by atoms with Gasteiger partial charge in [-0.05, 0) is 13.0 Å². The van der Waals surface area contributed by atoms with Crippen molar-refractivity contribution in [3.8, 4) is 22.6 Å². The van der Waals surface area contributed by atoms with E-state index in [1.165, 1.54) is 11.0 Å². The molecule has 4 rings (SSSR count). The van der Waals surface area contributed by atoms with Crippen LogP contribution in [0.4, 0.5) is 19.0 Å². The monoisotopic (exact) mass is 422 g/mol. The molecule has 1 N–H and O–H groups in total. The van der Waals surface area contributed by atoms with Crippen molar-refractivity contribution in [2.75, 3.05) is 12.4 Å². The molecule has 4 aromatic heterocycles. The highest BCUT2D eigenvalue weighted by molar-refractivity contribution is 6.33. The van der Waals surface area contributed by atoms with Crippen molar-refractivity contribution in [1.29, 1.82) is 0 Å². The number of pyridine rings is 1. The number of aryl methyl sites for hydroxylation is 2. The fourth-order valence-electron chi connectivity index (χ4n) is 3.10. The van der Waals surface area contributed by atoms with E-state index in [4.69, 9.17) is 11.6 Å². The van der Waals surface area contributed by atoms with Crippen LogP contribution < -0.4 is 5.32 Å². The summed E-state index contributed by atoms with van der Waals surface area (Å²) in [6, 6.07) is 0.847. The zero-order valence-electron chi connectivity index (χ0n) is 15.5. The minimum absolute atomic E-state index is 0.144. The minimum atomic E-state index is -4.54. The van der Waals surface area contributed by atoms with Gasteiger partial charge in [-0.15, -0.1) is 0 Å². The average molecular weight is 423 g/mol. The Balaban J connectivity index is 1.97. The van der Waals surface area contributed by atoms with Crippen LogP contribution >= 0.6 is 11.6 Å². The lowest BCUT2D eigenvalue weighted by Gasteiger charge is -2.11. The molecule has 4 aromatic rings. The largest absolute Gasteiger partial charge is 0.417 e. The van der Waals surface area contributed by atoms with Crippen molar-refractivity contribution < 1.29 is 13.2 Å². The highest BCUT2D eigenvalue weighted by Gasteiger charge is 2.32. The summed E-state index contributed by atoms with van der Waals surface area (Å²) in [5.74, 6) is 1.15. The summed E-state index contributed by atoms with van der Waals surface area (Å²) in [6.07, 6.45) is -0.841. The Morgan fingerprint density at radius 1 is 1.10 bits per heavy atom. The van der Waals surface area contributed by atoms with E-state index in [-0.39, 0.29) is 10.7 Å². The molecule has 0 saturated carbocycles. The molecule has 8 nitrogen and oxygen atoms in total. The van der Waals surface area contributed by atoms with Crippen molar-refractivity contribution in [2.45, 2.75) is 13.1 Å². The molecule has 0 atom stereocenters. The Bertz CT molecular complexity index is 1230. The van der Waals surface area contributed by atoms with Gasteiger partial charge in [0.25, 0.3) is 0 Å². The van der Waals surface area contributed by atoms with Crippen molar-refractivity contribution in [3.63, 3.8) is 0 Å². The Morgan fingerprint density at radius 2 is 1.86 bits per heavy atom. The summed E-state index contributed by atoms with van der Waals surface area (Å²) in [6.45, 7) is 1.78. The summed E-state index contributed by atoms with van der Waals surface area (Å²) in [7, 11) is 3.36. The average Bonchev–Trinajstić information content (AvgIpc) is 3.21. The van der Waals surface area contributed by atoms with E-state index in [1.807, 2.05) is 0 Å². The van der Waals surface area contributed by atoms with Crippen LogP contribution in [-0.4, -0.2) is 41.4 Å². The summed E-state index contributed by atoms with van der Waals surface area (Å²) in [5, 5.41) is 11.3. The zero-order chi connectivity index (χ0) is 20.9. The lowest BCUT2D eigenvalue weighted by atomic mass is 10.1. The van der Waals surface area contributed by atoms with E-state index in [9.17, 15) is 13.2 Å². The van der Waals surface area contributed by atoms with Crippen LogP contribution in [0.3, 0.4) is 0 Å². The molecule has 150 valence electrons. The topological polar surface area (TPSA) is 85.8 Å². The number of nitrogens with one attached hydrogen (secondary N) is 1. The molecule has 0 amide bonds. The predicted octanol–water partition coefficient (Wildman–Crippen LogP) is 3.61. The summed E-state index contributed by atoms with van der Waals surface area (Å²) < 4.78 is 42.0. The Kier molecular flexibility index (Phi) is 4.41. The first-order chi connectivity index (χ1) is 13.7. The summed E-state index contributed by atoms with van der Waals surface area (Å²) in [5.41, 5.74) is 1.31. The van der Waals surface area contributed by atoms with Gasteiger partial charge in [0, 0.05) is 20.3 Å². The molecular formula is C17H14ClF3N8. The second kappa shape index (κ2) is 6.69. The van der Waals surface area contributed by atoms with Gasteiger partial charge in [0.15, 0.2) is 5.82 Å². The Hall–Kier alpha value is -3.21. The maximum Gasteiger partial charge on any atom is 0.417 e. The van der Waals surface area contributed by atoms with Crippen LogP contribution in [0.5, 0.6) is 0 Å². The third-order valence-corrected chi connectivity index (χ3v) is 4.71. The molecule has 0 fully saturated rings. The van der Waals surface area contributed by atoms with E-state index in [1.54, 1.807) is 31.7 Å². The van der Waals surface area contributed by atoms with Gasteiger partial charge in [-0.1, -0.05) is 11.6 Å². The Labute approximate surface area is 167 Å². The fourth-order valence-corrected chi connectivity index (χ4v) is 3.36. The summed E-state index contributed by atoms with van der Waals surface area (Å²) >= 11 is 6.17. The van der Waals surface area contributed by atoms with Crippen LogP contribution in [0.15, 0.2) is 24.8 Å². The molecule has 12 heteroatoms. The predicted molar refractivity (Wildman–Crippen MR) is 101 cm³/mol. The van der Waals surface area contributed by atoms with E-state index in [0.717, 1.165) is 12.3 Å². The number of fused-ring (bicyclic) bond motifs is 1. The number of hydrogen-bond donors (Lipinski definition) is 1. The lowest BCUT2D eigenvalue weighted by molar-refractivity contribution is -0.137. The molecule has 0 aliphatic carbocycles. The molecule has 0 spiro atoms. The maximum atomic E-state index is 13.0. The first-order valence-corrected chi connectivity index (χ1v) is 8.73. The van der Waals surface area contributed by atoms with Crippen LogP contribution in [0.1, 0.15) is 11.4 Å². The van der Waals surface area contributed by atoms with Crippen LogP contribution in [0, 0.1) is 6.92 Å². The first-order valence-electron chi connectivity index (χ1n) is 8.36. The highest BCUT2D eigenvalue weighted by atomic mass is 35.5. The number of alkyl halides is 3. The van der Waals surface area contributed by atoms with Gasteiger partial charge < -0.3 is 5.32 Å². The standard InChI is InChI=1S/C17H14ClF3N8/c1-8-27-12(15-16(22-2)24-7-26-29(8)15)10-6-25-28(3)14(10)13-11(18)4-9(5-23-13)17(19,20)21/h4-7H,1-3H3,(H,22,24,26). The minimum Gasteiger partial charge on any atom is -0.371 e. The Morgan fingerprint density at radius 3 is 2.52 bits per heavy atom. The van der Waals surface area contributed by atoms with E-state index in [2.05, 4.69) is 30.5 Å². The van der Waals surface area contributed by atoms with Gasteiger partial charge in [0.2, 0.25) is 0 Å². The number of anilines is 1. The van der Waals surface area contributed by atoms with Gasteiger partial charge in [0.05, 0.1) is 28.0 Å². The molecular weight excluding hydrogens is 409 g/mol. The zero-order valence-corrected chi connectivity index (χ0v) is 16.2. The van der Waals surface area contributed by atoms with Crippen LogP contribution in [0.25, 0.3) is 28.2 Å². The van der Waals surface area contributed by atoms with Crippen molar-refractivity contribution >= 4 is 22.9 Å². The van der Waals surface area contributed by atoms with E-state index in [0.29, 0.717) is 34.1 Å². The molecule has 0 unspecified atom stereocenters. The van der Waals surface area contributed by atoms with Gasteiger partial charge in [-0.25, -0.2) is 14.5 Å². The molecule has 4 heterocycles. The van der Waals surface area contributed by atoms with Gasteiger partial charge >= 0.3 is 6.18 Å². The van der Waals surface area contributed by atoms with Crippen molar-refractivity contribution in [1.82, 2.24) is 34.3 Å². The van der Waals surface area contributed by atoms with Crippen molar-refractivity contribution in [2.24, 2.45) is 7.05 Å². The van der Waals surface area contributed by atoms with Crippen molar-refractivity contribution in [3.05, 3.63) is 41.2 Å². The van der Waals surface area contributed by atoms with Crippen LogP contribution in [-0.2, 0) is 13.2 Å². The quantitative estimate of drug-likeness (QED) is 0.543.